The van der Waals surface area contributed by atoms with Crippen molar-refractivity contribution in [3.8, 4) is 5.75 Å². The lowest BCUT2D eigenvalue weighted by atomic mass is 10.0. The highest BCUT2D eigenvalue weighted by atomic mass is 16.3. The Morgan fingerprint density at radius 3 is 2.38 bits per heavy atom. The van der Waals surface area contributed by atoms with E-state index in [9.17, 15) is 5.11 Å². The fourth-order valence-corrected chi connectivity index (χ4v) is 1.63. The van der Waals surface area contributed by atoms with Crippen molar-refractivity contribution in [2.75, 3.05) is 13.2 Å². The lowest BCUT2D eigenvalue weighted by Gasteiger charge is -2.21. The van der Waals surface area contributed by atoms with Crippen LogP contribution in [0.4, 0.5) is 0 Å². The van der Waals surface area contributed by atoms with Gasteiger partial charge in [-0.3, -0.25) is 0 Å². The number of aryl methyl sites for hydroxylation is 1. The maximum absolute atomic E-state index is 9.76. The molecule has 16 heavy (non-hydrogen) atoms. The number of phenols is 1. The Balaban J connectivity index is 2.76. The number of aromatic hydroxyl groups is 1. The number of phenolic OH excluding ortho intramolecular Hbond substituents is 1. The molecule has 0 aliphatic carbocycles. The summed E-state index contributed by atoms with van der Waals surface area (Å²) < 4.78 is 0. The van der Waals surface area contributed by atoms with E-state index in [1.165, 1.54) is 0 Å². The van der Waals surface area contributed by atoms with Crippen molar-refractivity contribution in [3.63, 3.8) is 0 Å². The summed E-state index contributed by atoms with van der Waals surface area (Å²) in [7, 11) is 0. The first kappa shape index (κ1) is 13.0. The third-order valence-corrected chi connectivity index (χ3v) is 2.58. The van der Waals surface area contributed by atoms with Crippen molar-refractivity contribution in [2.24, 2.45) is 0 Å². The molecule has 0 aliphatic heterocycles. The summed E-state index contributed by atoms with van der Waals surface area (Å²) >= 11 is 0. The number of aliphatic hydroxyl groups excluding tert-OH is 2. The standard InChI is InChI=1S/C12H19NO3/c1-8-3-4-11(12(16)5-8)9(2)13-10(6-14)7-15/h3-5,9-10,13-16H,6-7H2,1-2H3. The Kier molecular flexibility index (Phi) is 4.73. The minimum Gasteiger partial charge on any atom is -0.508 e. The highest BCUT2D eigenvalue weighted by Gasteiger charge is 2.14. The second-order valence-electron chi connectivity index (χ2n) is 4.01. The predicted octanol–water partition coefficient (Wildman–Crippen LogP) is 0.704. The molecule has 0 heterocycles. The molecular formula is C12H19NO3. The minimum absolute atomic E-state index is 0.120. The summed E-state index contributed by atoms with van der Waals surface area (Å²) in [4.78, 5) is 0. The van der Waals surface area contributed by atoms with E-state index in [2.05, 4.69) is 5.32 Å². The van der Waals surface area contributed by atoms with E-state index >= 15 is 0 Å². The van der Waals surface area contributed by atoms with Gasteiger partial charge in [-0.25, -0.2) is 0 Å². The number of benzene rings is 1. The molecule has 0 radical (unpaired) electrons. The quantitative estimate of drug-likeness (QED) is 0.595. The fourth-order valence-electron chi connectivity index (χ4n) is 1.63. The SMILES string of the molecule is Cc1ccc(C(C)NC(CO)CO)c(O)c1. The molecule has 4 nitrogen and oxygen atoms in total. The van der Waals surface area contributed by atoms with E-state index in [4.69, 9.17) is 10.2 Å². The number of rotatable bonds is 5. The maximum atomic E-state index is 9.76. The summed E-state index contributed by atoms with van der Waals surface area (Å²) in [6, 6.07) is 4.97. The molecule has 0 bridgehead atoms. The molecule has 0 fully saturated rings. The molecule has 1 unspecified atom stereocenters. The van der Waals surface area contributed by atoms with Gasteiger partial charge in [0.1, 0.15) is 5.75 Å². The molecule has 1 atom stereocenters. The highest BCUT2D eigenvalue weighted by Crippen LogP contribution is 2.25. The van der Waals surface area contributed by atoms with Crippen LogP contribution in [0.3, 0.4) is 0 Å². The van der Waals surface area contributed by atoms with E-state index in [0.717, 1.165) is 11.1 Å². The van der Waals surface area contributed by atoms with Crippen molar-refractivity contribution >= 4 is 0 Å². The monoisotopic (exact) mass is 225 g/mol. The largest absolute Gasteiger partial charge is 0.508 e. The molecule has 0 saturated carbocycles. The number of nitrogens with one attached hydrogen (secondary N) is 1. The first-order chi connectivity index (χ1) is 7.58. The molecule has 0 spiro atoms. The molecule has 90 valence electrons. The number of aliphatic hydroxyl groups is 2. The first-order valence-electron chi connectivity index (χ1n) is 5.35. The highest BCUT2D eigenvalue weighted by molar-refractivity contribution is 5.37. The van der Waals surface area contributed by atoms with E-state index in [1.54, 1.807) is 6.07 Å². The normalized spacial score (nSPS) is 13.1. The topological polar surface area (TPSA) is 72.7 Å². The van der Waals surface area contributed by atoms with Crippen LogP contribution in [-0.4, -0.2) is 34.6 Å². The third kappa shape index (κ3) is 3.20. The molecule has 1 rings (SSSR count). The molecule has 4 N–H and O–H groups in total. The van der Waals surface area contributed by atoms with E-state index in [0.29, 0.717) is 0 Å². The van der Waals surface area contributed by atoms with Crippen LogP contribution < -0.4 is 5.32 Å². The van der Waals surface area contributed by atoms with E-state index in [-0.39, 0.29) is 31.0 Å². The summed E-state index contributed by atoms with van der Waals surface area (Å²) in [5.41, 5.74) is 1.76. The van der Waals surface area contributed by atoms with Crippen molar-refractivity contribution < 1.29 is 15.3 Å². The van der Waals surface area contributed by atoms with Crippen LogP contribution in [0, 0.1) is 6.92 Å². The van der Waals surface area contributed by atoms with Gasteiger partial charge < -0.3 is 20.6 Å². The Morgan fingerprint density at radius 2 is 1.88 bits per heavy atom. The smallest absolute Gasteiger partial charge is 0.120 e. The zero-order valence-electron chi connectivity index (χ0n) is 9.64. The first-order valence-corrected chi connectivity index (χ1v) is 5.35. The summed E-state index contributed by atoms with van der Waals surface area (Å²) in [5.74, 6) is 0.231. The van der Waals surface area contributed by atoms with Crippen LogP contribution in [0.25, 0.3) is 0 Å². The zero-order chi connectivity index (χ0) is 12.1. The van der Waals surface area contributed by atoms with Gasteiger partial charge in [-0.1, -0.05) is 12.1 Å². The predicted molar refractivity (Wildman–Crippen MR) is 62.4 cm³/mol. The number of hydrogen-bond acceptors (Lipinski definition) is 4. The lowest BCUT2D eigenvalue weighted by Crippen LogP contribution is -2.37. The second kappa shape index (κ2) is 5.84. The fraction of sp³-hybridized carbons (Fsp3) is 0.500. The number of hydrogen-bond donors (Lipinski definition) is 4. The summed E-state index contributed by atoms with van der Waals surface area (Å²) in [6.07, 6.45) is 0. The lowest BCUT2D eigenvalue weighted by molar-refractivity contribution is 0.163. The van der Waals surface area contributed by atoms with Crippen LogP contribution in [-0.2, 0) is 0 Å². The zero-order valence-corrected chi connectivity index (χ0v) is 9.64. The van der Waals surface area contributed by atoms with Crippen molar-refractivity contribution in [2.45, 2.75) is 25.9 Å². The van der Waals surface area contributed by atoms with Crippen LogP contribution in [0.5, 0.6) is 5.75 Å². The Hall–Kier alpha value is -1.10. The van der Waals surface area contributed by atoms with Crippen molar-refractivity contribution in [1.82, 2.24) is 5.32 Å². The van der Waals surface area contributed by atoms with Crippen LogP contribution >= 0.6 is 0 Å². The van der Waals surface area contributed by atoms with Crippen LogP contribution in [0.1, 0.15) is 24.1 Å². The Labute approximate surface area is 95.6 Å². The molecule has 0 saturated heterocycles. The average molecular weight is 225 g/mol. The minimum atomic E-state index is -0.365. The van der Waals surface area contributed by atoms with Gasteiger partial charge in [-0.15, -0.1) is 0 Å². The second-order valence-corrected chi connectivity index (χ2v) is 4.01. The van der Waals surface area contributed by atoms with E-state index < -0.39 is 0 Å². The van der Waals surface area contributed by atoms with Gasteiger partial charge in [-0.2, -0.15) is 0 Å². The van der Waals surface area contributed by atoms with Crippen molar-refractivity contribution in [3.05, 3.63) is 29.3 Å². The summed E-state index contributed by atoms with van der Waals surface area (Å²) in [6.45, 7) is 3.52. The third-order valence-electron chi connectivity index (χ3n) is 2.58. The Bertz CT molecular complexity index is 337. The van der Waals surface area contributed by atoms with Gasteiger partial charge in [0.15, 0.2) is 0 Å². The van der Waals surface area contributed by atoms with Gasteiger partial charge in [0.05, 0.1) is 19.3 Å². The van der Waals surface area contributed by atoms with Gasteiger partial charge in [0.25, 0.3) is 0 Å². The molecule has 0 aromatic heterocycles. The molecule has 4 heteroatoms. The molecule has 0 aliphatic rings. The van der Waals surface area contributed by atoms with Gasteiger partial charge >= 0.3 is 0 Å². The van der Waals surface area contributed by atoms with Gasteiger partial charge in [-0.05, 0) is 25.5 Å². The van der Waals surface area contributed by atoms with Gasteiger partial charge in [0, 0.05) is 11.6 Å². The maximum Gasteiger partial charge on any atom is 0.120 e. The molecule has 0 amide bonds. The summed E-state index contributed by atoms with van der Waals surface area (Å²) in [5, 5.41) is 30.7. The van der Waals surface area contributed by atoms with Crippen LogP contribution in [0.2, 0.25) is 0 Å². The van der Waals surface area contributed by atoms with E-state index in [1.807, 2.05) is 26.0 Å². The molecule has 1 aromatic carbocycles. The average Bonchev–Trinajstić information content (AvgIpc) is 2.25. The van der Waals surface area contributed by atoms with Gasteiger partial charge in [0.2, 0.25) is 0 Å². The van der Waals surface area contributed by atoms with Crippen molar-refractivity contribution in [1.29, 1.82) is 0 Å². The molecular weight excluding hydrogens is 206 g/mol. The molecule has 1 aromatic rings. The Morgan fingerprint density at radius 1 is 1.25 bits per heavy atom. The van der Waals surface area contributed by atoms with Crippen LogP contribution in [0.15, 0.2) is 18.2 Å².